The third kappa shape index (κ3) is 5.76. The number of ketones is 1. The van der Waals surface area contributed by atoms with Gasteiger partial charge in [0.05, 0.1) is 29.8 Å². The molecule has 2 aromatic heterocycles. The fraction of sp³-hybridized carbons (Fsp3) is 0.312. The number of pyridine rings is 1. The number of carbonyl (C=O) groups excluding carboxylic acids is 2. The van der Waals surface area contributed by atoms with Crippen molar-refractivity contribution in [3.05, 3.63) is 76.6 Å². The zero-order valence-electron chi connectivity index (χ0n) is 24.6. The number of hydrogen-bond donors (Lipinski definition) is 2. The molecule has 0 spiro atoms. The van der Waals surface area contributed by atoms with Crippen LogP contribution in [0.25, 0.3) is 22.5 Å². The molecule has 3 heterocycles. The molecule has 1 amide bonds. The lowest BCUT2D eigenvalue weighted by Crippen LogP contribution is -2.32. The van der Waals surface area contributed by atoms with E-state index in [0.717, 1.165) is 12.5 Å². The molecule has 1 saturated carbocycles. The summed E-state index contributed by atoms with van der Waals surface area (Å²) in [7, 11) is 1.77. The van der Waals surface area contributed by atoms with Crippen molar-refractivity contribution >= 4 is 23.3 Å². The molecular weight excluding hydrogens is 585 g/mol. The molecule has 1 fully saturated rings. The van der Waals surface area contributed by atoms with Gasteiger partial charge in [-0.15, -0.1) is 10.2 Å². The molecule has 1 atom stereocenters. The van der Waals surface area contributed by atoms with Crippen LogP contribution in [0.5, 0.6) is 0 Å². The number of aromatic nitrogens is 4. The van der Waals surface area contributed by atoms with Gasteiger partial charge in [0.25, 0.3) is 5.91 Å². The van der Waals surface area contributed by atoms with E-state index in [0.29, 0.717) is 53.3 Å². The van der Waals surface area contributed by atoms with Crippen LogP contribution in [0.1, 0.15) is 58.8 Å². The van der Waals surface area contributed by atoms with Crippen molar-refractivity contribution in [3.8, 4) is 28.6 Å². The minimum atomic E-state index is -4.70. The average Bonchev–Trinajstić information content (AvgIpc) is 3.73. The molecular formula is C32H29F3N8O2. The number of Topliss-reactive ketones (excluding diaryl/α,β-unsaturated/α-hetero) is 1. The first-order valence-electron chi connectivity index (χ1n) is 14.5. The number of aryl methyl sites for hydroxylation is 1. The minimum absolute atomic E-state index is 0.0296. The first-order chi connectivity index (χ1) is 21.6. The molecule has 45 heavy (non-hydrogen) atoms. The number of hydrogen-bond acceptors (Lipinski definition) is 8. The van der Waals surface area contributed by atoms with Gasteiger partial charge in [-0.1, -0.05) is 6.07 Å². The van der Waals surface area contributed by atoms with Crippen LogP contribution < -0.4 is 15.5 Å². The van der Waals surface area contributed by atoms with E-state index in [-0.39, 0.29) is 41.4 Å². The summed E-state index contributed by atoms with van der Waals surface area (Å²) in [6.45, 7) is 2.10. The molecule has 2 aromatic carbocycles. The van der Waals surface area contributed by atoms with Crippen LogP contribution in [0.3, 0.4) is 0 Å². The molecule has 2 N–H and O–H groups in total. The van der Waals surface area contributed by atoms with E-state index in [1.54, 1.807) is 41.9 Å². The number of rotatable bonds is 8. The highest BCUT2D eigenvalue weighted by Gasteiger charge is 2.41. The fourth-order valence-corrected chi connectivity index (χ4v) is 5.94. The van der Waals surface area contributed by atoms with Gasteiger partial charge in [0.1, 0.15) is 23.7 Å². The number of carbonyl (C=O) groups is 2. The number of nitrogens with zero attached hydrogens (tertiary/aromatic N) is 6. The predicted octanol–water partition coefficient (Wildman–Crippen LogP) is 5.24. The Bertz CT molecular complexity index is 1860. The van der Waals surface area contributed by atoms with Gasteiger partial charge in [0.2, 0.25) is 0 Å². The smallest absolute Gasteiger partial charge is 0.370 e. The zero-order chi connectivity index (χ0) is 31.9. The van der Waals surface area contributed by atoms with Gasteiger partial charge in [-0.05, 0) is 78.4 Å². The molecule has 2 aliphatic rings. The highest BCUT2D eigenvalue weighted by Crippen LogP contribution is 2.41. The largest absolute Gasteiger partial charge is 0.416 e. The number of alkyl halides is 3. The monoisotopic (exact) mass is 614 g/mol. The summed E-state index contributed by atoms with van der Waals surface area (Å²) in [5.41, 5.74) is 1.53. The van der Waals surface area contributed by atoms with Gasteiger partial charge < -0.3 is 15.2 Å². The second kappa shape index (κ2) is 11.8. The van der Waals surface area contributed by atoms with Crippen LogP contribution in [-0.4, -0.2) is 44.0 Å². The van der Waals surface area contributed by atoms with Crippen molar-refractivity contribution in [2.24, 2.45) is 7.05 Å². The quantitative estimate of drug-likeness (QED) is 0.276. The van der Waals surface area contributed by atoms with Gasteiger partial charge in [-0.25, -0.2) is 4.98 Å². The molecule has 13 heteroatoms. The van der Waals surface area contributed by atoms with Crippen molar-refractivity contribution in [2.45, 2.75) is 51.5 Å². The molecule has 1 unspecified atom stereocenters. The van der Waals surface area contributed by atoms with E-state index in [2.05, 4.69) is 31.9 Å². The molecule has 10 nitrogen and oxygen atoms in total. The maximum Gasteiger partial charge on any atom is 0.416 e. The van der Waals surface area contributed by atoms with Crippen molar-refractivity contribution < 1.29 is 22.8 Å². The summed E-state index contributed by atoms with van der Waals surface area (Å²) in [6.07, 6.45) is -1.33. The van der Waals surface area contributed by atoms with Crippen LogP contribution in [0, 0.1) is 11.3 Å². The molecule has 1 aliphatic heterocycles. The molecule has 4 aromatic rings. The van der Waals surface area contributed by atoms with E-state index < -0.39 is 23.7 Å². The third-order valence-electron chi connectivity index (χ3n) is 8.12. The van der Waals surface area contributed by atoms with E-state index in [4.69, 9.17) is 0 Å². The van der Waals surface area contributed by atoms with Crippen molar-refractivity contribution in [1.82, 2.24) is 25.1 Å². The highest BCUT2D eigenvalue weighted by molar-refractivity contribution is 6.10. The lowest BCUT2D eigenvalue weighted by molar-refractivity contribution is -0.138. The average molecular weight is 615 g/mol. The Morgan fingerprint density at radius 3 is 2.58 bits per heavy atom. The number of benzene rings is 2. The number of amides is 1. The summed E-state index contributed by atoms with van der Waals surface area (Å²) in [4.78, 5) is 31.7. The normalized spacial score (nSPS) is 16.3. The van der Waals surface area contributed by atoms with Crippen molar-refractivity contribution in [1.29, 1.82) is 5.26 Å². The summed E-state index contributed by atoms with van der Waals surface area (Å²) >= 11 is 0. The first-order valence-corrected chi connectivity index (χ1v) is 14.5. The summed E-state index contributed by atoms with van der Waals surface area (Å²) in [5.74, 6) is 0.535. The van der Waals surface area contributed by atoms with Crippen LogP contribution >= 0.6 is 0 Å². The molecule has 0 radical (unpaired) electrons. The Labute approximate surface area is 256 Å². The Balaban J connectivity index is 1.41. The number of anilines is 2. The lowest BCUT2D eigenvalue weighted by Gasteiger charge is -2.19. The number of nitrogens with one attached hydrogen (secondary N) is 2. The van der Waals surface area contributed by atoms with E-state index in [9.17, 15) is 28.0 Å². The molecule has 0 saturated heterocycles. The summed E-state index contributed by atoms with van der Waals surface area (Å²) < 4.78 is 44.7. The number of nitriles is 1. The van der Waals surface area contributed by atoms with Crippen LogP contribution in [-0.2, 0) is 31.1 Å². The van der Waals surface area contributed by atoms with E-state index in [1.807, 2.05) is 6.92 Å². The Kier molecular flexibility index (Phi) is 7.84. The number of halogens is 3. The highest BCUT2D eigenvalue weighted by atomic mass is 19.4. The maximum atomic E-state index is 14.3. The first kappa shape index (κ1) is 30.0. The zero-order valence-corrected chi connectivity index (χ0v) is 24.6. The minimum Gasteiger partial charge on any atom is -0.370 e. The summed E-state index contributed by atoms with van der Waals surface area (Å²) in [5, 5.41) is 23.9. The summed E-state index contributed by atoms with van der Waals surface area (Å²) in [6, 6.07) is 12.8. The van der Waals surface area contributed by atoms with E-state index in [1.165, 1.54) is 17.3 Å². The van der Waals surface area contributed by atoms with Crippen molar-refractivity contribution in [3.63, 3.8) is 0 Å². The SMILES string of the molecule is CCNc1cc(-c2ccc(C#N)cc2-c2nncn2C)cc(N2Cc3c(cc(CNC4CCCC4=O)cc3C(F)(F)F)C2=O)n1. The van der Waals surface area contributed by atoms with Gasteiger partial charge in [0.15, 0.2) is 5.82 Å². The van der Waals surface area contributed by atoms with Gasteiger partial charge >= 0.3 is 6.18 Å². The van der Waals surface area contributed by atoms with Crippen LogP contribution in [0.15, 0.2) is 48.8 Å². The van der Waals surface area contributed by atoms with Gasteiger partial charge in [0, 0.05) is 37.7 Å². The predicted molar refractivity (Wildman–Crippen MR) is 160 cm³/mol. The Morgan fingerprint density at radius 1 is 1.09 bits per heavy atom. The molecule has 0 bridgehead atoms. The third-order valence-corrected chi connectivity index (χ3v) is 8.12. The molecule has 230 valence electrons. The van der Waals surface area contributed by atoms with E-state index >= 15 is 0 Å². The standard InChI is InChI=1S/C32H29F3N8O2/c1-3-37-28-12-20(21-8-7-18(14-36)9-22(21)30-41-39-17-42(30)2)13-29(40-28)43-16-24-23(31(43)45)10-19(11-25(24)32(33,34)35)15-38-26-5-4-6-27(26)44/h7-13,17,26,38H,3-6,15-16H2,1-2H3,(H,37,40). The fourth-order valence-electron chi connectivity index (χ4n) is 5.94. The van der Waals surface area contributed by atoms with Crippen molar-refractivity contribution in [2.75, 3.05) is 16.8 Å². The second-order valence-electron chi connectivity index (χ2n) is 11.1. The Morgan fingerprint density at radius 2 is 1.91 bits per heavy atom. The van der Waals surface area contributed by atoms with Crippen LogP contribution in [0.4, 0.5) is 24.8 Å². The maximum absolute atomic E-state index is 14.3. The van der Waals surface area contributed by atoms with Crippen LogP contribution in [0.2, 0.25) is 0 Å². The topological polar surface area (TPSA) is 129 Å². The van der Waals surface area contributed by atoms with Gasteiger partial charge in [-0.3, -0.25) is 14.5 Å². The second-order valence-corrected chi connectivity index (χ2v) is 11.1. The lowest BCUT2D eigenvalue weighted by atomic mass is 9.97. The molecule has 6 rings (SSSR count). The Hall–Kier alpha value is -5.09. The molecule has 1 aliphatic carbocycles. The van der Waals surface area contributed by atoms with Gasteiger partial charge in [-0.2, -0.15) is 18.4 Å². The number of fused-ring (bicyclic) bond motifs is 1.